The van der Waals surface area contributed by atoms with Gasteiger partial charge in [-0.2, -0.15) is 0 Å². The van der Waals surface area contributed by atoms with Crippen LogP contribution in [0.5, 0.6) is 5.75 Å². The van der Waals surface area contributed by atoms with Gasteiger partial charge in [-0.3, -0.25) is 0 Å². The Morgan fingerprint density at radius 3 is 2.75 bits per heavy atom. The van der Waals surface area contributed by atoms with E-state index >= 15 is 0 Å². The predicted molar refractivity (Wildman–Crippen MR) is 109 cm³/mol. The highest BCUT2D eigenvalue weighted by Crippen LogP contribution is 2.30. The molecule has 2 rings (SSSR count). The van der Waals surface area contributed by atoms with E-state index in [-0.39, 0.29) is 24.0 Å². The van der Waals surface area contributed by atoms with Crippen LogP contribution in [-0.4, -0.2) is 36.4 Å². The molecule has 3 N–H and O–H groups in total. The third-order valence-corrected chi connectivity index (χ3v) is 3.95. The molecule has 0 amide bonds. The summed E-state index contributed by atoms with van der Waals surface area (Å²) < 4.78 is 5.65. The first-order valence-corrected chi connectivity index (χ1v) is 8.23. The van der Waals surface area contributed by atoms with Crippen LogP contribution in [0.15, 0.2) is 41.9 Å². The Labute approximate surface area is 161 Å². The molecule has 0 saturated heterocycles. The van der Waals surface area contributed by atoms with Crippen molar-refractivity contribution in [3.63, 3.8) is 0 Å². The second kappa shape index (κ2) is 10.6. The van der Waals surface area contributed by atoms with E-state index in [1.165, 1.54) is 0 Å². The van der Waals surface area contributed by atoms with E-state index in [1.807, 2.05) is 31.2 Å². The van der Waals surface area contributed by atoms with Crippen LogP contribution in [0.4, 0.5) is 0 Å². The minimum Gasteiger partial charge on any atom is -0.489 e. The zero-order valence-electron chi connectivity index (χ0n) is 14.3. The van der Waals surface area contributed by atoms with E-state index in [2.05, 4.69) is 22.2 Å². The molecule has 6 heteroatoms. The number of halogens is 1. The molecule has 1 saturated carbocycles. The van der Waals surface area contributed by atoms with Gasteiger partial charge in [0.05, 0.1) is 12.1 Å². The van der Waals surface area contributed by atoms with Gasteiger partial charge in [0, 0.05) is 18.7 Å². The normalized spacial score (nSPS) is 15.7. The first kappa shape index (κ1) is 20.8. The summed E-state index contributed by atoms with van der Waals surface area (Å²) in [6.07, 6.45) is 4.54. The molecule has 0 aliphatic heterocycles. The Hall–Kier alpha value is -1.28. The van der Waals surface area contributed by atoms with E-state index in [0.29, 0.717) is 25.7 Å². The van der Waals surface area contributed by atoms with Crippen molar-refractivity contribution in [2.75, 3.05) is 19.7 Å². The van der Waals surface area contributed by atoms with E-state index < -0.39 is 5.60 Å². The number of ether oxygens (including phenoxy) is 1. The maximum absolute atomic E-state index is 10.2. The van der Waals surface area contributed by atoms with Crippen LogP contribution in [-0.2, 0) is 6.54 Å². The van der Waals surface area contributed by atoms with Crippen molar-refractivity contribution in [1.82, 2.24) is 10.6 Å². The molecule has 5 nitrogen and oxygen atoms in total. The summed E-state index contributed by atoms with van der Waals surface area (Å²) in [5.41, 5.74) is 0.454. The van der Waals surface area contributed by atoms with Gasteiger partial charge in [-0.1, -0.05) is 30.9 Å². The minimum atomic E-state index is -0.568. The molecule has 0 bridgehead atoms. The molecule has 0 aromatic heterocycles. The average molecular weight is 445 g/mol. The molecule has 0 spiro atoms. The van der Waals surface area contributed by atoms with Crippen molar-refractivity contribution >= 4 is 29.9 Å². The zero-order valence-corrected chi connectivity index (χ0v) is 16.6. The van der Waals surface area contributed by atoms with Gasteiger partial charge in [0.2, 0.25) is 0 Å². The summed E-state index contributed by atoms with van der Waals surface area (Å²) in [5, 5.41) is 16.6. The van der Waals surface area contributed by atoms with Gasteiger partial charge in [-0.05, 0) is 32.3 Å². The number of rotatable bonds is 8. The molecular weight excluding hydrogens is 417 g/mol. The first-order valence-electron chi connectivity index (χ1n) is 8.23. The summed E-state index contributed by atoms with van der Waals surface area (Å²) >= 11 is 0. The summed E-state index contributed by atoms with van der Waals surface area (Å²) in [7, 11) is 0. The fourth-order valence-electron chi connectivity index (χ4n) is 2.44. The van der Waals surface area contributed by atoms with E-state index in [0.717, 1.165) is 37.1 Å². The van der Waals surface area contributed by atoms with Gasteiger partial charge in [0.1, 0.15) is 12.4 Å². The fraction of sp³-hybridized carbons (Fsp3) is 0.500. The lowest BCUT2D eigenvalue weighted by atomic mass is 9.80. The maximum Gasteiger partial charge on any atom is 0.191 e. The van der Waals surface area contributed by atoms with Crippen molar-refractivity contribution in [3.8, 4) is 5.75 Å². The molecule has 1 aliphatic carbocycles. The van der Waals surface area contributed by atoms with Crippen LogP contribution in [0.25, 0.3) is 0 Å². The largest absolute Gasteiger partial charge is 0.489 e. The zero-order chi connectivity index (χ0) is 16.5. The molecule has 24 heavy (non-hydrogen) atoms. The standard InChI is InChI=1S/C18H27N3O2.HI/c1-3-12-23-16-9-6-5-8-15(16)13-20-17(19-4-2)21-14-18(22)10-7-11-18;/h3,5-6,8-9,22H,1,4,7,10-14H2,2H3,(H2,19,20,21);1H. The molecule has 0 unspecified atom stereocenters. The van der Waals surface area contributed by atoms with Crippen molar-refractivity contribution in [3.05, 3.63) is 42.5 Å². The second-order valence-electron chi connectivity index (χ2n) is 5.83. The number of aliphatic hydroxyl groups is 1. The number of hydrogen-bond donors (Lipinski definition) is 3. The van der Waals surface area contributed by atoms with Gasteiger partial charge in [0.15, 0.2) is 5.96 Å². The van der Waals surface area contributed by atoms with Crippen LogP contribution in [0.1, 0.15) is 31.7 Å². The lowest BCUT2D eigenvalue weighted by Gasteiger charge is -2.37. The van der Waals surface area contributed by atoms with E-state index in [1.54, 1.807) is 6.08 Å². The topological polar surface area (TPSA) is 65.9 Å². The lowest BCUT2D eigenvalue weighted by molar-refractivity contribution is -0.0279. The SMILES string of the molecule is C=CCOc1ccccc1CN=C(NCC)NCC1(O)CCC1.I. The predicted octanol–water partition coefficient (Wildman–Crippen LogP) is 2.84. The molecule has 1 aliphatic rings. The molecule has 0 heterocycles. The number of nitrogens with one attached hydrogen (secondary N) is 2. The third-order valence-electron chi connectivity index (χ3n) is 3.95. The summed E-state index contributed by atoms with van der Waals surface area (Å²) in [5.74, 6) is 1.54. The third kappa shape index (κ3) is 6.32. The van der Waals surface area contributed by atoms with Crippen LogP contribution in [0.2, 0.25) is 0 Å². The molecule has 1 aromatic carbocycles. The summed E-state index contributed by atoms with van der Waals surface area (Å²) in [6, 6.07) is 7.86. The van der Waals surface area contributed by atoms with Crippen molar-refractivity contribution in [2.45, 2.75) is 38.3 Å². The Morgan fingerprint density at radius 1 is 1.38 bits per heavy atom. The highest BCUT2D eigenvalue weighted by molar-refractivity contribution is 14.0. The van der Waals surface area contributed by atoms with Gasteiger partial charge >= 0.3 is 0 Å². The first-order chi connectivity index (χ1) is 11.2. The number of nitrogens with zero attached hydrogens (tertiary/aromatic N) is 1. The average Bonchev–Trinajstić information content (AvgIpc) is 2.54. The summed E-state index contributed by atoms with van der Waals surface area (Å²) in [6.45, 7) is 8.00. The van der Waals surface area contributed by atoms with Gasteiger partial charge in [-0.15, -0.1) is 24.0 Å². The second-order valence-corrected chi connectivity index (χ2v) is 5.83. The van der Waals surface area contributed by atoms with E-state index in [9.17, 15) is 5.11 Å². The maximum atomic E-state index is 10.2. The smallest absolute Gasteiger partial charge is 0.191 e. The monoisotopic (exact) mass is 445 g/mol. The quantitative estimate of drug-likeness (QED) is 0.249. The van der Waals surface area contributed by atoms with Crippen LogP contribution >= 0.6 is 24.0 Å². The van der Waals surface area contributed by atoms with Crippen LogP contribution in [0, 0.1) is 0 Å². The molecule has 0 atom stereocenters. The van der Waals surface area contributed by atoms with Gasteiger partial charge in [0.25, 0.3) is 0 Å². The Kier molecular flexibility index (Phi) is 9.13. The Balaban J connectivity index is 0.00000288. The number of aliphatic imine (C=N–C) groups is 1. The number of para-hydroxylation sites is 1. The lowest BCUT2D eigenvalue weighted by Crippen LogP contribution is -2.50. The molecule has 0 radical (unpaired) electrons. The van der Waals surface area contributed by atoms with Crippen LogP contribution < -0.4 is 15.4 Å². The van der Waals surface area contributed by atoms with Crippen molar-refractivity contribution in [2.24, 2.45) is 4.99 Å². The molecule has 1 fully saturated rings. The van der Waals surface area contributed by atoms with Gasteiger partial charge < -0.3 is 20.5 Å². The number of hydrogen-bond acceptors (Lipinski definition) is 3. The molecule has 1 aromatic rings. The highest BCUT2D eigenvalue weighted by Gasteiger charge is 2.34. The fourth-order valence-corrected chi connectivity index (χ4v) is 2.44. The number of guanidine groups is 1. The Bertz CT molecular complexity index is 545. The molecule has 134 valence electrons. The highest BCUT2D eigenvalue weighted by atomic mass is 127. The van der Waals surface area contributed by atoms with Crippen LogP contribution in [0.3, 0.4) is 0 Å². The summed E-state index contributed by atoms with van der Waals surface area (Å²) in [4.78, 5) is 4.59. The minimum absolute atomic E-state index is 0. The number of benzene rings is 1. The van der Waals surface area contributed by atoms with Crippen molar-refractivity contribution < 1.29 is 9.84 Å². The van der Waals surface area contributed by atoms with E-state index in [4.69, 9.17) is 4.74 Å². The van der Waals surface area contributed by atoms with Gasteiger partial charge in [-0.25, -0.2) is 4.99 Å². The van der Waals surface area contributed by atoms with Crippen molar-refractivity contribution in [1.29, 1.82) is 0 Å². The Morgan fingerprint density at radius 2 is 2.12 bits per heavy atom. The molecular formula is C18H28IN3O2.